The van der Waals surface area contributed by atoms with Crippen molar-refractivity contribution >= 4 is 23.4 Å². The molecule has 0 unspecified atom stereocenters. The highest BCUT2D eigenvalue weighted by molar-refractivity contribution is 7.98. The first-order valence-electron chi connectivity index (χ1n) is 8.65. The highest BCUT2D eigenvalue weighted by Crippen LogP contribution is 2.25. The van der Waals surface area contributed by atoms with Crippen LogP contribution in [0.3, 0.4) is 0 Å². The Morgan fingerprint density at radius 2 is 1.81 bits per heavy atom. The Labute approximate surface area is 158 Å². The van der Waals surface area contributed by atoms with E-state index >= 15 is 0 Å². The zero-order valence-corrected chi connectivity index (χ0v) is 15.8. The summed E-state index contributed by atoms with van der Waals surface area (Å²) >= 11 is 1.73. The SMILES string of the molecule is CC(C)c1ccccc1NC(=O)c1ccc(SCc2cccnc2)cc1. The molecule has 3 rings (SSSR count). The van der Waals surface area contributed by atoms with E-state index in [2.05, 4.69) is 36.3 Å². The molecule has 0 saturated carbocycles. The average molecular weight is 362 g/mol. The van der Waals surface area contributed by atoms with Gasteiger partial charge in [0.2, 0.25) is 0 Å². The van der Waals surface area contributed by atoms with E-state index in [4.69, 9.17) is 0 Å². The number of rotatable bonds is 6. The molecule has 0 atom stereocenters. The summed E-state index contributed by atoms with van der Waals surface area (Å²) in [6.07, 6.45) is 3.65. The molecule has 0 aliphatic carbocycles. The molecule has 3 nitrogen and oxygen atoms in total. The van der Waals surface area contributed by atoms with Crippen LogP contribution in [0, 0.1) is 0 Å². The van der Waals surface area contributed by atoms with Gasteiger partial charge in [-0.15, -0.1) is 11.8 Å². The fourth-order valence-corrected chi connectivity index (χ4v) is 3.49. The summed E-state index contributed by atoms with van der Waals surface area (Å²) in [6.45, 7) is 4.25. The van der Waals surface area contributed by atoms with E-state index in [0.717, 1.165) is 21.9 Å². The number of thioether (sulfide) groups is 1. The topological polar surface area (TPSA) is 42.0 Å². The quantitative estimate of drug-likeness (QED) is 0.568. The second-order valence-corrected chi connectivity index (χ2v) is 7.42. The molecule has 132 valence electrons. The molecule has 0 bridgehead atoms. The molecule has 1 heterocycles. The minimum absolute atomic E-state index is 0.0816. The van der Waals surface area contributed by atoms with Crippen molar-refractivity contribution in [1.82, 2.24) is 4.98 Å². The summed E-state index contributed by atoms with van der Waals surface area (Å²) in [5.41, 5.74) is 3.87. The second-order valence-electron chi connectivity index (χ2n) is 6.37. The highest BCUT2D eigenvalue weighted by atomic mass is 32.2. The lowest BCUT2D eigenvalue weighted by molar-refractivity contribution is 0.102. The Bertz CT molecular complexity index is 861. The van der Waals surface area contributed by atoms with E-state index in [-0.39, 0.29) is 5.91 Å². The van der Waals surface area contributed by atoms with Gasteiger partial charge >= 0.3 is 0 Å². The molecule has 0 spiro atoms. The van der Waals surface area contributed by atoms with Crippen LogP contribution in [0.15, 0.2) is 78.0 Å². The number of benzene rings is 2. The van der Waals surface area contributed by atoms with Crippen LogP contribution < -0.4 is 5.32 Å². The first-order valence-corrected chi connectivity index (χ1v) is 9.64. The maximum Gasteiger partial charge on any atom is 0.255 e. The predicted molar refractivity (Wildman–Crippen MR) is 109 cm³/mol. The number of carbonyl (C=O) groups is 1. The molecule has 0 aliphatic heterocycles. The molecule has 0 aliphatic rings. The number of aromatic nitrogens is 1. The van der Waals surface area contributed by atoms with Crippen LogP contribution in [-0.4, -0.2) is 10.9 Å². The Balaban J connectivity index is 1.64. The van der Waals surface area contributed by atoms with Gasteiger partial charge < -0.3 is 5.32 Å². The lowest BCUT2D eigenvalue weighted by Gasteiger charge is -2.13. The Morgan fingerprint density at radius 3 is 2.50 bits per heavy atom. The highest BCUT2D eigenvalue weighted by Gasteiger charge is 2.11. The number of amides is 1. The lowest BCUT2D eigenvalue weighted by atomic mass is 10.0. The van der Waals surface area contributed by atoms with Gasteiger partial charge in [-0.05, 0) is 53.4 Å². The smallest absolute Gasteiger partial charge is 0.255 e. The van der Waals surface area contributed by atoms with E-state index in [1.807, 2.05) is 54.7 Å². The molecule has 0 radical (unpaired) electrons. The number of nitrogens with zero attached hydrogens (tertiary/aromatic N) is 1. The number of nitrogens with one attached hydrogen (secondary N) is 1. The molecule has 0 saturated heterocycles. The molecule has 1 aromatic heterocycles. The molecule has 0 fully saturated rings. The van der Waals surface area contributed by atoms with E-state index in [9.17, 15) is 4.79 Å². The molecule has 4 heteroatoms. The van der Waals surface area contributed by atoms with Crippen molar-refractivity contribution in [3.63, 3.8) is 0 Å². The number of para-hydroxylation sites is 1. The normalized spacial score (nSPS) is 10.7. The molecule has 2 aromatic carbocycles. The van der Waals surface area contributed by atoms with Gasteiger partial charge in [0.05, 0.1) is 0 Å². The van der Waals surface area contributed by atoms with Gasteiger partial charge in [-0.2, -0.15) is 0 Å². The third-order valence-electron chi connectivity index (χ3n) is 4.08. The second kappa shape index (κ2) is 8.68. The maximum atomic E-state index is 12.6. The summed E-state index contributed by atoms with van der Waals surface area (Å²) in [5.74, 6) is 1.14. The first kappa shape index (κ1) is 18.2. The molecule has 1 N–H and O–H groups in total. The fourth-order valence-electron chi connectivity index (χ4n) is 2.66. The van der Waals surface area contributed by atoms with E-state index in [0.29, 0.717) is 11.5 Å². The minimum Gasteiger partial charge on any atom is -0.322 e. The third kappa shape index (κ3) is 4.73. The zero-order valence-electron chi connectivity index (χ0n) is 15.0. The van der Waals surface area contributed by atoms with Crippen LogP contribution in [-0.2, 0) is 5.75 Å². The predicted octanol–water partition coefficient (Wildman–Crippen LogP) is 5.75. The van der Waals surface area contributed by atoms with Crippen LogP contribution in [0.1, 0.15) is 41.3 Å². The summed E-state index contributed by atoms with van der Waals surface area (Å²) in [6, 6.07) is 19.7. The number of anilines is 1. The lowest BCUT2D eigenvalue weighted by Crippen LogP contribution is -2.13. The standard InChI is InChI=1S/C22H22N2OS/c1-16(2)20-7-3-4-8-21(20)24-22(25)18-9-11-19(12-10-18)26-15-17-6-5-13-23-14-17/h3-14,16H,15H2,1-2H3,(H,24,25). The van der Waals surface area contributed by atoms with Gasteiger partial charge in [0.15, 0.2) is 0 Å². The van der Waals surface area contributed by atoms with E-state index < -0.39 is 0 Å². The van der Waals surface area contributed by atoms with Gasteiger partial charge in [0.25, 0.3) is 5.91 Å². The van der Waals surface area contributed by atoms with Gasteiger partial charge in [-0.3, -0.25) is 9.78 Å². The van der Waals surface area contributed by atoms with Crippen molar-refractivity contribution in [2.24, 2.45) is 0 Å². The van der Waals surface area contributed by atoms with Crippen LogP contribution in [0.5, 0.6) is 0 Å². The van der Waals surface area contributed by atoms with Crippen molar-refractivity contribution in [2.45, 2.75) is 30.4 Å². The number of carbonyl (C=O) groups excluding carboxylic acids is 1. The van der Waals surface area contributed by atoms with Crippen LogP contribution in [0.4, 0.5) is 5.69 Å². The average Bonchev–Trinajstić information content (AvgIpc) is 2.68. The molecule has 26 heavy (non-hydrogen) atoms. The van der Waals surface area contributed by atoms with Crippen molar-refractivity contribution in [3.8, 4) is 0 Å². The van der Waals surface area contributed by atoms with Gasteiger partial charge in [-0.1, -0.05) is 38.1 Å². The monoisotopic (exact) mass is 362 g/mol. The van der Waals surface area contributed by atoms with Crippen molar-refractivity contribution < 1.29 is 4.79 Å². The van der Waals surface area contributed by atoms with Crippen LogP contribution >= 0.6 is 11.8 Å². The first-order chi connectivity index (χ1) is 12.6. The van der Waals surface area contributed by atoms with Crippen LogP contribution in [0.2, 0.25) is 0 Å². The molecule has 3 aromatic rings. The summed E-state index contributed by atoms with van der Waals surface area (Å²) in [4.78, 5) is 17.8. The molecule has 1 amide bonds. The molecular weight excluding hydrogens is 340 g/mol. The third-order valence-corrected chi connectivity index (χ3v) is 5.16. The number of hydrogen-bond acceptors (Lipinski definition) is 3. The zero-order chi connectivity index (χ0) is 18.4. The van der Waals surface area contributed by atoms with Crippen molar-refractivity contribution in [1.29, 1.82) is 0 Å². The fraction of sp³-hybridized carbons (Fsp3) is 0.182. The Kier molecular flexibility index (Phi) is 6.08. The largest absolute Gasteiger partial charge is 0.322 e. The van der Waals surface area contributed by atoms with E-state index in [1.165, 1.54) is 5.56 Å². The van der Waals surface area contributed by atoms with Gasteiger partial charge in [0, 0.05) is 34.3 Å². The van der Waals surface area contributed by atoms with Gasteiger partial charge in [0.1, 0.15) is 0 Å². The van der Waals surface area contributed by atoms with Crippen molar-refractivity contribution in [3.05, 3.63) is 89.7 Å². The van der Waals surface area contributed by atoms with Crippen molar-refractivity contribution in [2.75, 3.05) is 5.32 Å². The Hall–Kier alpha value is -2.59. The number of hydrogen-bond donors (Lipinski definition) is 1. The summed E-state index contributed by atoms with van der Waals surface area (Å²) in [7, 11) is 0. The minimum atomic E-state index is -0.0816. The molecular formula is C22H22N2OS. The van der Waals surface area contributed by atoms with Crippen LogP contribution in [0.25, 0.3) is 0 Å². The summed E-state index contributed by atoms with van der Waals surface area (Å²) < 4.78 is 0. The van der Waals surface area contributed by atoms with Gasteiger partial charge in [-0.25, -0.2) is 0 Å². The van der Waals surface area contributed by atoms with E-state index in [1.54, 1.807) is 18.0 Å². The maximum absolute atomic E-state index is 12.6. The Morgan fingerprint density at radius 1 is 1.04 bits per heavy atom. The summed E-state index contributed by atoms with van der Waals surface area (Å²) in [5, 5.41) is 3.03. The number of pyridine rings is 1.